The number of rotatable bonds is 7. The van der Waals surface area contributed by atoms with Gasteiger partial charge in [0, 0.05) is 25.7 Å². The van der Waals surface area contributed by atoms with Crippen LogP contribution in [-0.4, -0.2) is 80.9 Å². The number of para-hydroxylation sites is 1. The Morgan fingerprint density at radius 2 is 1.90 bits per heavy atom. The van der Waals surface area contributed by atoms with E-state index in [1.54, 1.807) is 12.1 Å². The second kappa shape index (κ2) is 8.78. The first-order valence-corrected chi connectivity index (χ1v) is 10.7. The molecule has 1 atom stereocenters. The van der Waals surface area contributed by atoms with E-state index >= 15 is 0 Å². The maximum atomic E-state index is 12.7. The molecule has 0 bridgehead atoms. The molecule has 1 aromatic carbocycles. The first-order valence-electron chi connectivity index (χ1n) is 8.87. The number of hydrogen-bond donors (Lipinski definition) is 2. The molecule has 1 aliphatic heterocycles. The average molecular weight is 426 g/mol. The van der Waals surface area contributed by atoms with E-state index in [0.717, 1.165) is 16.1 Å². The minimum Gasteiger partial charge on any atom is -0.496 e. The van der Waals surface area contributed by atoms with E-state index in [2.05, 4.69) is 10.6 Å². The molecule has 0 aliphatic carbocycles. The monoisotopic (exact) mass is 426 g/mol. The van der Waals surface area contributed by atoms with Gasteiger partial charge in [0.15, 0.2) is 0 Å². The van der Waals surface area contributed by atoms with Gasteiger partial charge in [0.2, 0.25) is 27.7 Å². The van der Waals surface area contributed by atoms with Crippen molar-refractivity contribution in [2.24, 2.45) is 0 Å². The van der Waals surface area contributed by atoms with Gasteiger partial charge in [-0.05, 0) is 13.0 Å². The highest BCUT2D eigenvalue weighted by Crippen LogP contribution is 2.23. The van der Waals surface area contributed by atoms with Crippen molar-refractivity contribution in [2.45, 2.75) is 19.0 Å². The van der Waals surface area contributed by atoms with Crippen molar-refractivity contribution in [1.82, 2.24) is 19.8 Å². The lowest BCUT2D eigenvalue weighted by Crippen LogP contribution is -2.68. The van der Waals surface area contributed by atoms with Gasteiger partial charge in [0.1, 0.15) is 11.3 Å². The fourth-order valence-electron chi connectivity index (χ4n) is 2.95. The quantitative estimate of drug-likeness (QED) is 0.571. The molecular weight excluding hydrogens is 400 g/mol. The Hall–Kier alpha value is -2.66. The smallest absolute Gasteiger partial charge is 0.247 e. The Balaban J connectivity index is 1.97. The third-order valence-electron chi connectivity index (χ3n) is 4.95. The van der Waals surface area contributed by atoms with E-state index in [-0.39, 0.29) is 26.2 Å². The Morgan fingerprint density at radius 1 is 1.24 bits per heavy atom. The number of sulfonamides is 1. The number of carbonyl (C=O) groups excluding carboxylic acids is 3. The Kier molecular flexibility index (Phi) is 6.85. The summed E-state index contributed by atoms with van der Waals surface area (Å²) in [5.41, 5.74) is -0.649. The first-order chi connectivity index (χ1) is 13.5. The number of amides is 3. The SMILES string of the molecule is COc1ccccc1CNC(=O)CNC(=O)C1(C)CN(S(C)(=O)=O)CC(=O)N1C. The lowest BCUT2D eigenvalue weighted by molar-refractivity contribution is -0.150. The van der Waals surface area contributed by atoms with Crippen LogP contribution in [0.1, 0.15) is 12.5 Å². The van der Waals surface area contributed by atoms with Gasteiger partial charge < -0.3 is 20.3 Å². The van der Waals surface area contributed by atoms with E-state index in [1.165, 1.54) is 26.0 Å². The molecule has 10 nitrogen and oxygen atoms in total. The van der Waals surface area contributed by atoms with Gasteiger partial charge in [0.05, 0.1) is 26.5 Å². The summed E-state index contributed by atoms with van der Waals surface area (Å²) < 4.78 is 29.8. The Bertz CT molecular complexity index is 903. The van der Waals surface area contributed by atoms with Crippen molar-refractivity contribution >= 4 is 27.7 Å². The van der Waals surface area contributed by atoms with E-state index < -0.39 is 33.3 Å². The summed E-state index contributed by atoms with van der Waals surface area (Å²) in [6, 6.07) is 7.21. The fourth-order valence-corrected chi connectivity index (χ4v) is 3.78. The van der Waals surface area contributed by atoms with Crippen molar-refractivity contribution in [1.29, 1.82) is 0 Å². The zero-order valence-corrected chi connectivity index (χ0v) is 17.7. The van der Waals surface area contributed by atoms with Crippen LogP contribution in [0.15, 0.2) is 24.3 Å². The fraction of sp³-hybridized carbons (Fsp3) is 0.500. The van der Waals surface area contributed by atoms with Crippen LogP contribution in [0.3, 0.4) is 0 Å². The molecule has 0 saturated carbocycles. The van der Waals surface area contributed by atoms with Crippen molar-refractivity contribution < 1.29 is 27.5 Å². The Morgan fingerprint density at radius 3 is 2.52 bits per heavy atom. The van der Waals surface area contributed by atoms with Gasteiger partial charge in [-0.15, -0.1) is 0 Å². The van der Waals surface area contributed by atoms with E-state index in [4.69, 9.17) is 4.74 Å². The molecule has 1 aromatic rings. The van der Waals surface area contributed by atoms with Crippen LogP contribution in [0, 0.1) is 0 Å². The van der Waals surface area contributed by atoms with E-state index in [1.807, 2.05) is 12.1 Å². The predicted molar refractivity (Wildman–Crippen MR) is 105 cm³/mol. The number of carbonyl (C=O) groups is 3. The molecule has 1 saturated heterocycles. The summed E-state index contributed by atoms with van der Waals surface area (Å²) in [4.78, 5) is 38.2. The third kappa shape index (κ3) is 5.24. The van der Waals surface area contributed by atoms with Gasteiger partial charge in [0.25, 0.3) is 0 Å². The molecular formula is C18H26N4O6S. The minimum atomic E-state index is -3.65. The van der Waals surface area contributed by atoms with Crippen LogP contribution >= 0.6 is 0 Å². The molecule has 1 fully saturated rings. The van der Waals surface area contributed by atoms with Crippen molar-refractivity contribution in [2.75, 3.05) is 40.0 Å². The molecule has 1 unspecified atom stereocenters. The number of ether oxygens (including phenoxy) is 1. The van der Waals surface area contributed by atoms with Gasteiger partial charge in [-0.2, -0.15) is 4.31 Å². The zero-order valence-electron chi connectivity index (χ0n) is 16.9. The summed E-state index contributed by atoms with van der Waals surface area (Å²) in [6.45, 7) is 0.853. The van der Waals surface area contributed by atoms with Crippen molar-refractivity contribution in [3.63, 3.8) is 0 Å². The highest BCUT2D eigenvalue weighted by molar-refractivity contribution is 7.88. The average Bonchev–Trinajstić information content (AvgIpc) is 2.67. The van der Waals surface area contributed by atoms with Gasteiger partial charge in [-0.1, -0.05) is 18.2 Å². The third-order valence-corrected chi connectivity index (χ3v) is 6.14. The number of nitrogens with zero attached hydrogens (tertiary/aromatic N) is 2. The molecule has 2 N–H and O–H groups in total. The van der Waals surface area contributed by atoms with Crippen LogP contribution in [0.25, 0.3) is 0 Å². The van der Waals surface area contributed by atoms with Gasteiger partial charge in [-0.3, -0.25) is 14.4 Å². The number of nitrogens with one attached hydrogen (secondary N) is 2. The number of methoxy groups -OCH3 is 1. The highest BCUT2D eigenvalue weighted by Gasteiger charge is 2.47. The van der Waals surface area contributed by atoms with Crippen LogP contribution in [-0.2, 0) is 31.0 Å². The van der Waals surface area contributed by atoms with Crippen molar-refractivity contribution in [3.8, 4) is 5.75 Å². The lowest BCUT2D eigenvalue weighted by atomic mass is 9.96. The zero-order chi connectivity index (χ0) is 21.8. The Labute approximate surface area is 170 Å². The number of piperazine rings is 1. The highest BCUT2D eigenvalue weighted by atomic mass is 32.2. The number of benzene rings is 1. The maximum Gasteiger partial charge on any atom is 0.247 e. The van der Waals surface area contributed by atoms with E-state index in [0.29, 0.717) is 5.75 Å². The molecule has 2 rings (SSSR count). The number of likely N-dealkylation sites (N-methyl/N-ethyl adjacent to an activating group) is 1. The number of hydrogen-bond acceptors (Lipinski definition) is 6. The summed E-state index contributed by atoms with van der Waals surface area (Å²) in [6.07, 6.45) is 0.981. The second-order valence-corrected chi connectivity index (χ2v) is 9.01. The molecule has 29 heavy (non-hydrogen) atoms. The molecule has 0 spiro atoms. The van der Waals surface area contributed by atoms with Gasteiger partial charge in [-0.25, -0.2) is 8.42 Å². The normalized spacial score (nSPS) is 20.3. The minimum absolute atomic E-state index is 0.192. The summed E-state index contributed by atoms with van der Waals surface area (Å²) in [5.74, 6) is -0.917. The molecule has 160 valence electrons. The summed E-state index contributed by atoms with van der Waals surface area (Å²) in [7, 11) is -0.684. The maximum absolute atomic E-state index is 12.7. The molecule has 0 radical (unpaired) electrons. The topological polar surface area (TPSA) is 125 Å². The molecule has 1 aliphatic rings. The van der Waals surface area contributed by atoms with Crippen LogP contribution < -0.4 is 15.4 Å². The van der Waals surface area contributed by atoms with Crippen LogP contribution in [0.5, 0.6) is 5.75 Å². The predicted octanol–water partition coefficient (Wildman–Crippen LogP) is -1.08. The first kappa shape index (κ1) is 22.6. The summed E-state index contributed by atoms with van der Waals surface area (Å²) >= 11 is 0. The van der Waals surface area contributed by atoms with E-state index in [9.17, 15) is 22.8 Å². The van der Waals surface area contributed by atoms with Crippen LogP contribution in [0.2, 0.25) is 0 Å². The summed E-state index contributed by atoms with van der Waals surface area (Å²) in [5, 5.41) is 5.16. The van der Waals surface area contributed by atoms with Crippen LogP contribution in [0.4, 0.5) is 0 Å². The largest absolute Gasteiger partial charge is 0.496 e. The second-order valence-electron chi connectivity index (χ2n) is 7.03. The lowest BCUT2D eigenvalue weighted by Gasteiger charge is -2.44. The molecule has 1 heterocycles. The van der Waals surface area contributed by atoms with Crippen molar-refractivity contribution in [3.05, 3.63) is 29.8 Å². The standard InChI is InChI=1S/C18H26N4O6S/c1-18(12-22(29(4,26)27)11-16(24)21(18)2)17(25)20-10-15(23)19-9-13-7-5-6-8-14(13)28-3/h5-8H,9-12H2,1-4H3,(H,19,23)(H,20,25). The molecule has 3 amide bonds. The molecule has 0 aromatic heterocycles. The van der Waals surface area contributed by atoms with Gasteiger partial charge >= 0.3 is 0 Å². The molecule has 11 heteroatoms.